The first-order valence-electron chi connectivity index (χ1n) is 11.2. The molecule has 6 heteroatoms. The van der Waals surface area contributed by atoms with Crippen LogP contribution < -0.4 is 15.0 Å². The lowest BCUT2D eigenvalue weighted by molar-refractivity contribution is -0.127. The summed E-state index contributed by atoms with van der Waals surface area (Å²) in [5.41, 5.74) is 0.990. The van der Waals surface area contributed by atoms with Gasteiger partial charge in [-0.2, -0.15) is 0 Å². The monoisotopic (exact) mass is 436 g/mol. The van der Waals surface area contributed by atoms with Crippen molar-refractivity contribution in [2.75, 3.05) is 20.8 Å². The Morgan fingerprint density at radius 2 is 1.94 bits per heavy atom. The van der Waals surface area contributed by atoms with Gasteiger partial charge in [-0.1, -0.05) is 26.8 Å². The van der Waals surface area contributed by atoms with E-state index in [1.165, 1.54) is 10.6 Å². The number of amides is 1. The Hall–Kier alpha value is -3.02. The minimum atomic E-state index is -0.241. The Morgan fingerprint density at radius 1 is 1.16 bits per heavy atom. The number of ether oxygens (including phenoxy) is 2. The molecule has 1 saturated heterocycles. The molecule has 3 atom stereocenters. The maximum absolute atomic E-state index is 14.0. The van der Waals surface area contributed by atoms with Crippen molar-refractivity contribution in [2.45, 2.75) is 39.7 Å². The van der Waals surface area contributed by atoms with E-state index in [-0.39, 0.29) is 22.9 Å². The molecule has 1 aliphatic heterocycles. The van der Waals surface area contributed by atoms with Gasteiger partial charge in [0.15, 0.2) is 0 Å². The highest BCUT2D eigenvalue weighted by Crippen LogP contribution is 2.49. The lowest BCUT2D eigenvalue weighted by Crippen LogP contribution is -2.45. The fraction of sp³-hybridized carbons (Fsp3) is 0.462. The van der Waals surface area contributed by atoms with Crippen LogP contribution in [0.5, 0.6) is 11.5 Å². The third kappa shape index (κ3) is 3.94. The van der Waals surface area contributed by atoms with Crippen LogP contribution in [0.3, 0.4) is 0 Å². The van der Waals surface area contributed by atoms with E-state index in [0.29, 0.717) is 34.6 Å². The van der Waals surface area contributed by atoms with Gasteiger partial charge in [-0.25, -0.2) is 0 Å². The number of methoxy groups -OCH3 is 2. The van der Waals surface area contributed by atoms with Crippen LogP contribution in [0.25, 0.3) is 11.8 Å². The summed E-state index contributed by atoms with van der Waals surface area (Å²) in [6, 6.07) is 10.5. The number of fused-ring (bicyclic) bond motifs is 2. The van der Waals surface area contributed by atoms with Crippen molar-refractivity contribution in [1.82, 2.24) is 9.47 Å². The first kappa shape index (κ1) is 22.2. The van der Waals surface area contributed by atoms with Crippen molar-refractivity contribution >= 4 is 17.7 Å². The summed E-state index contributed by atoms with van der Waals surface area (Å²) >= 11 is 0. The quantitative estimate of drug-likeness (QED) is 0.661. The van der Waals surface area contributed by atoms with Crippen LogP contribution in [-0.4, -0.2) is 42.2 Å². The number of carbonyl (C=O) groups excluding carboxylic acids is 1. The number of pyridine rings is 1. The first-order chi connectivity index (χ1) is 15.2. The van der Waals surface area contributed by atoms with Gasteiger partial charge in [0.2, 0.25) is 0 Å². The second-order valence-corrected chi connectivity index (χ2v) is 9.65. The average Bonchev–Trinajstić information content (AvgIpc) is 3.15. The Labute approximate surface area is 189 Å². The summed E-state index contributed by atoms with van der Waals surface area (Å²) in [5, 5.41) is 0. The fourth-order valence-electron chi connectivity index (χ4n) is 5.36. The molecule has 0 N–H and O–H groups in total. The minimum Gasteiger partial charge on any atom is -0.497 e. The largest absolute Gasteiger partial charge is 0.497 e. The molecule has 2 fully saturated rings. The number of likely N-dealkylation sites (tertiary alicyclic amines) is 1. The smallest absolute Gasteiger partial charge is 0.271 e. The number of rotatable bonds is 5. The van der Waals surface area contributed by atoms with Gasteiger partial charge in [-0.15, -0.1) is 0 Å². The number of hydrogen-bond donors (Lipinski definition) is 0. The lowest BCUT2D eigenvalue weighted by Gasteiger charge is -2.42. The van der Waals surface area contributed by atoms with E-state index in [1.54, 1.807) is 44.7 Å². The van der Waals surface area contributed by atoms with Crippen LogP contribution in [0.2, 0.25) is 0 Å². The van der Waals surface area contributed by atoms with Gasteiger partial charge in [0.05, 0.1) is 14.2 Å². The predicted molar refractivity (Wildman–Crippen MR) is 126 cm³/mol. The molecule has 2 aromatic rings. The van der Waals surface area contributed by atoms with Crippen molar-refractivity contribution in [2.24, 2.45) is 17.3 Å². The Bertz CT molecular complexity index is 1100. The molecule has 2 heterocycles. The van der Waals surface area contributed by atoms with E-state index in [1.807, 2.05) is 17.0 Å². The van der Waals surface area contributed by atoms with Gasteiger partial charge in [-0.3, -0.25) is 14.2 Å². The summed E-state index contributed by atoms with van der Waals surface area (Å²) in [5.74, 6) is 2.00. The average molecular weight is 437 g/mol. The zero-order valence-electron chi connectivity index (χ0n) is 19.5. The van der Waals surface area contributed by atoms with E-state index in [4.69, 9.17) is 9.47 Å². The molecular formula is C26H32N2O4. The highest BCUT2D eigenvalue weighted by atomic mass is 16.5. The Morgan fingerprint density at radius 3 is 2.62 bits per heavy atom. The third-order valence-corrected chi connectivity index (χ3v) is 7.35. The molecule has 0 radical (unpaired) electrons. The van der Waals surface area contributed by atoms with Crippen molar-refractivity contribution in [3.8, 4) is 11.5 Å². The van der Waals surface area contributed by atoms with E-state index in [9.17, 15) is 9.59 Å². The first-order valence-corrected chi connectivity index (χ1v) is 11.2. The normalized spacial score (nSPS) is 24.3. The second-order valence-electron chi connectivity index (χ2n) is 9.65. The van der Waals surface area contributed by atoms with Crippen LogP contribution in [0.15, 0.2) is 47.4 Å². The molecule has 6 nitrogen and oxygen atoms in total. The molecule has 1 amide bonds. The van der Waals surface area contributed by atoms with E-state index >= 15 is 0 Å². The van der Waals surface area contributed by atoms with Gasteiger partial charge < -0.3 is 14.4 Å². The third-order valence-electron chi connectivity index (χ3n) is 7.35. The topological polar surface area (TPSA) is 60.8 Å². The Kier molecular flexibility index (Phi) is 5.89. The number of hydrogen-bond acceptors (Lipinski definition) is 4. The summed E-state index contributed by atoms with van der Waals surface area (Å²) in [6.07, 6.45) is 5.54. The highest BCUT2D eigenvalue weighted by molar-refractivity contribution is 6.18. The van der Waals surface area contributed by atoms with Crippen LogP contribution in [-0.2, 0) is 4.79 Å². The number of carbonyl (C=O) groups is 1. The summed E-state index contributed by atoms with van der Waals surface area (Å²) in [7, 11) is 3.17. The fourth-order valence-corrected chi connectivity index (χ4v) is 5.36. The molecule has 170 valence electrons. The standard InChI is InChI=1S/C26H32N2O4/c1-17-21-12-18(15-26(17,2)3)16-28(21)25(30)22(27-11-7-6-8-24(27)29)13-19-9-10-20(31-4)14-23(19)32-5/h6-11,13-14,17-18,21H,12,15-16H2,1-5H3/b22-13+. The Balaban J connectivity index is 1.80. The molecule has 2 aliphatic rings. The summed E-state index contributed by atoms with van der Waals surface area (Å²) in [6.45, 7) is 7.57. The van der Waals surface area contributed by atoms with Crippen molar-refractivity contribution in [3.63, 3.8) is 0 Å². The molecule has 3 unspecified atom stereocenters. The minimum absolute atomic E-state index is 0.117. The number of aromatic nitrogens is 1. The summed E-state index contributed by atoms with van der Waals surface area (Å²) < 4.78 is 12.3. The molecule has 1 aliphatic carbocycles. The zero-order valence-corrected chi connectivity index (χ0v) is 19.5. The predicted octanol–water partition coefficient (Wildman–Crippen LogP) is 4.15. The molecule has 1 saturated carbocycles. The molecular weight excluding hydrogens is 404 g/mol. The van der Waals surface area contributed by atoms with Crippen molar-refractivity contribution < 1.29 is 14.3 Å². The maximum atomic E-state index is 14.0. The second kappa shape index (κ2) is 8.49. The molecule has 32 heavy (non-hydrogen) atoms. The maximum Gasteiger partial charge on any atom is 0.271 e. The zero-order chi connectivity index (χ0) is 23.0. The lowest BCUT2D eigenvalue weighted by atomic mass is 9.65. The van der Waals surface area contributed by atoms with Crippen molar-refractivity contribution in [3.05, 3.63) is 58.5 Å². The van der Waals surface area contributed by atoms with Crippen molar-refractivity contribution in [1.29, 1.82) is 0 Å². The van der Waals surface area contributed by atoms with Crippen LogP contribution in [0, 0.1) is 17.3 Å². The van der Waals surface area contributed by atoms with E-state index in [0.717, 1.165) is 19.4 Å². The van der Waals surface area contributed by atoms with Gasteiger partial charge in [-0.05, 0) is 54.4 Å². The molecule has 4 rings (SSSR count). The summed E-state index contributed by atoms with van der Waals surface area (Å²) in [4.78, 5) is 28.7. The number of benzene rings is 1. The van der Waals surface area contributed by atoms with E-state index in [2.05, 4.69) is 20.8 Å². The van der Waals surface area contributed by atoms with Gasteiger partial charge in [0.25, 0.3) is 11.5 Å². The number of nitrogens with zero attached hydrogens (tertiary/aromatic N) is 2. The highest BCUT2D eigenvalue weighted by Gasteiger charge is 2.49. The van der Waals surface area contributed by atoms with Crippen LogP contribution in [0.1, 0.15) is 39.2 Å². The molecule has 1 aromatic carbocycles. The van der Waals surface area contributed by atoms with Gasteiger partial charge >= 0.3 is 0 Å². The van der Waals surface area contributed by atoms with Crippen LogP contribution >= 0.6 is 0 Å². The molecule has 0 spiro atoms. The molecule has 2 bridgehead atoms. The van der Waals surface area contributed by atoms with Gasteiger partial charge in [0.1, 0.15) is 17.2 Å². The van der Waals surface area contributed by atoms with Gasteiger partial charge in [0, 0.05) is 36.5 Å². The molecule has 1 aromatic heterocycles. The SMILES string of the molecule is COc1ccc(/C=C(\C(=O)N2CC3CC2C(C)C(C)(C)C3)n2ccccc2=O)c(OC)c1. The van der Waals surface area contributed by atoms with E-state index < -0.39 is 0 Å². The van der Waals surface area contributed by atoms with Crippen LogP contribution in [0.4, 0.5) is 0 Å².